The predicted molar refractivity (Wildman–Crippen MR) is 62.6 cm³/mol. The van der Waals surface area contributed by atoms with Crippen molar-refractivity contribution >= 4 is 11.3 Å². The molecule has 0 spiro atoms. The molecule has 0 fully saturated rings. The molecule has 4 nitrogen and oxygen atoms in total. The van der Waals surface area contributed by atoms with Gasteiger partial charge < -0.3 is 4.98 Å². The van der Waals surface area contributed by atoms with Gasteiger partial charge >= 0.3 is 0 Å². The quantitative estimate of drug-likeness (QED) is 0.816. The maximum Gasteiger partial charge on any atom is 0.254 e. The molecule has 0 amide bonds. The largest absolute Gasteiger partial charge is 0.305 e. The van der Waals surface area contributed by atoms with Gasteiger partial charge in [0.15, 0.2) is 5.82 Å². The number of fused-ring (bicyclic) bond motifs is 1. The number of nitrogens with zero attached hydrogens (tertiary/aromatic N) is 2. The average molecular weight is 233 g/mol. The third-order valence-corrected chi connectivity index (χ3v) is 3.45. The molecule has 2 aromatic heterocycles. The van der Waals surface area contributed by atoms with Gasteiger partial charge in [-0.1, -0.05) is 0 Å². The van der Waals surface area contributed by atoms with E-state index in [-0.39, 0.29) is 5.56 Å². The summed E-state index contributed by atoms with van der Waals surface area (Å²) in [6.07, 6.45) is 3.99. The number of H-pyrrole nitrogens is 1. The Morgan fingerprint density at radius 2 is 2.19 bits per heavy atom. The van der Waals surface area contributed by atoms with Gasteiger partial charge in [0.1, 0.15) is 5.69 Å². The van der Waals surface area contributed by atoms with Gasteiger partial charge in [0, 0.05) is 10.9 Å². The smallest absolute Gasteiger partial charge is 0.254 e. The highest BCUT2D eigenvalue weighted by molar-refractivity contribution is 7.07. The summed E-state index contributed by atoms with van der Waals surface area (Å²) in [6.45, 7) is 0. The number of hydrogen-bond donors (Lipinski definition) is 1. The van der Waals surface area contributed by atoms with Crippen LogP contribution in [-0.2, 0) is 12.8 Å². The van der Waals surface area contributed by atoms with Gasteiger partial charge in [-0.25, -0.2) is 9.97 Å². The van der Waals surface area contributed by atoms with E-state index in [1.165, 1.54) is 11.3 Å². The summed E-state index contributed by atoms with van der Waals surface area (Å²) >= 11 is 1.50. The van der Waals surface area contributed by atoms with Gasteiger partial charge in [0.2, 0.25) is 0 Å². The summed E-state index contributed by atoms with van der Waals surface area (Å²) < 4.78 is 0. The van der Waals surface area contributed by atoms with Crippen molar-refractivity contribution in [2.24, 2.45) is 0 Å². The zero-order chi connectivity index (χ0) is 11.0. The Morgan fingerprint density at radius 1 is 1.31 bits per heavy atom. The zero-order valence-corrected chi connectivity index (χ0v) is 9.51. The van der Waals surface area contributed by atoms with Crippen LogP contribution in [0, 0.1) is 0 Å². The molecule has 0 aliphatic heterocycles. The molecule has 0 saturated heterocycles. The molecule has 0 aromatic carbocycles. The Kier molecular flexibility index (Phi) is 2.32. The van der Waals surface area contributed by atoms with E-state index >= 15 is 0 Å². The highest BCUT2D eigenvalue weighted by Crippen LogP contribution is 2.19. The highest BCUT2D eigenvalue weighted by atomic mass is 32.1. The molecule has 0 saturated carbocycles. The molecular formula is C11H11N3OS. The van der Waals surface area contributed by atoms with E-state index in [0.29, 0.717) is 5.82 Å². The molecule has 2 heterocycles. The molecule has 1 aliphatic carbocycles. The lowest BCUT2D eigenvalue weighted by atomic mass is 9.97. The lowest BCUT2D eigenvalue weighted by Gasteiger charge is -2.13. The molecule has 82 valence electrons. The fraction of sp³-hybridized carbons (Fsp3) is 0.364. The van der Waals surface area contributed by atoms with Crippen molar-refractivity contribution in [1.82, 2.24) is 15.0 Å². The summed E-state index contributed by atoms with van der Waals surface area (Å²) in [6, 6.07) is 0. The first-order valence-electron chi connectivity index (χ1n) is 5.35. The number of aryl methyl sites for hydroxylation is 1. The van der Waals surface area contributed by atoms with Gasteiger partial charge in [-0.05, 0) is 25.7 Å². The molecule has 0 bridgehead atoms. The van der Waals surface area contributed by atoms with Gasteiger partial charge in [-0.15, -0.1) is 11.3 Å². The lowest BCUT2D eigenvalue weighted by molar-refractivity contribution is 0.657. The van der Waals surface area contributed by atoms with Gasteiger partial charge in [0.05, 0.1) is 11.2 Å². The number of aromatic nitrogens is 3. The van der Waals surface area contributed by atoms with Crippen molar-refractivity contribution in [2.75, 3.05) is 0 Å². The van der Waals surface area contributed by atoms with Gasteiger partial charge in [-0.2, -0.15) is 0 Å². The van der Waals surface area contributed by atoms with E-state index in [1.54, 1.807) is 5.51 Å². The van der Waals surface area contributed by atoms with Crippen molar-refractivity contribution in [3.05, 3.63) is 32.5 Å². The Hall–Kier alpha value is -1.49. The van der Waals surface area contributed by atoms with Crippen molar-refractivity contribution in [2.45, 2.75) is 25.7 Å². The van der Waals surface area contributed by atoms with E-state index in [9.17, 15) is 4.79 Å². The van der Waals surface area contributed by atoms with Crippen molar-refractivity contribution in [3.63, 3.8) is 0 Å². The van der Waals surface area contributed by atoms with E-state index in [1.807, 2.05) is 5.38 Å². The second kappa shape index (κ2) is 3.83. The summed E-state index contributed by atoms with van der Waals surface area (Å²) in [5, 5.41) is 1.90. The average Bonchev–Trinajstić information content (AvgIpc) is 2.82. The highest BCUT2D eigenvalue weighted by Gasteiger charge is 2.16. The minimum absolute atomic E-state index is 0.00713. The maximum atomic E-state index is 11.9. The summed E-state index contributed by atoms with van der Waals surface area (Å²) in [4.78, 5) is 23.3. The molecule has 5 heteroatoms. The van der Waals surface area contributed by atoms with E-state index in [2.05, 4.69) is 15.0 Å². The van der Waals surface area contributed by atoms with Crippen molar-refractivity contribution < 1.29 is 0 Å². The normalized spacial score (nSPS) is 14.8. The first-order chi connectivity index (χ1) is 7.84. The summed E-state index contributed by atoms with van der Waals surface area (Å²) in [5.41, 5.74) is 4.33. The Morgan fingerprint density at radius 3 is 3.00 bits per heavy atom. The number of nitrogens with one attached hydrogen (secondary N) is 1. The Bertz CT molecular complexity index is 559. The number of rotatable bonds is 1. The summed E-state index contributed by atoms with van der Waals surface area (Å²) in [5.74, 6) is 0.604. The van der Waals surface area contributed by atoms with Gasteiger partial charge in [0.25, 0.3) is 5.56 Å². The monoisotopic (exact) mass is 233 g/mol. The first kappa shape index (κ1) is 9.72. The maximum absolute atomic E-state index is 11.9. The fourth-order valence-corrected chi connectivity index (χ4v) is 2.59. The van der Waals surface area contributed by atoms with E-state index in [4.69, 9.17) is 0 Å². The molecule has 0 radical (unpaired) electrons. The SMILES string of the molecule is O=c1[nH]c(-c2cscn2)nc2c1CCCC2. The lowest BCUT2D eigenvalue weighted by Crippen LogP contribution is -2.21. The fourth-order valence-electron chi connectivity index (χ4n) is 2.05. The van der Waals surface area contributed by atoms with E-state index < -0.39 is 0 Å². The van der Waals surface area contributed by atoms with Crippen LogP contribution in [0.2, 0.25) is 0 Å². The third-order valence-electron chi connectivity index (χ3n) is 2.87. The predicted octanol–water partition coefficient (Wildman–Crippen LogP) is 1.77. The molecule has 1 N–H and O–H groups in total. The molecular weight excluding hydrogens is 222 g/mol. The van der Waals surface area contributed by atoms with Crippen LogP contribution in [0.15, 0.2) is 15.7 Å². The molecule has 0 unspecified atom stereocenters. The zero-order valence-electron chi connectivity index (χ0n) is 8.69. The minimum Gasteiger partial charge on any atom is -0.305 e. The molecule has 16 heavy (non-hydrogen) atoms. The van der Waals surface area contributed by atoms with Crippen LogP contribution in [0.4, 0.5) is 0 Å². The summed E-state index contributed by atoms with van der Waals surface area (Å²) in [7, 11) is 0. The minimum atomic E-state index is 0.00713. The van der Waals surface area contributed by atoms with Crippen molar-refractivity contribution in [1.29, 1.82) is 0 Å². The van der Waals surface area contributed by atoms with Crippen LogP contribution in [0.1, 0.15) is 24.1 Å². The molecule has 1 aliphatic rings. The van der Waals surface area contributed by atoms with E-state index in [0.717, 1.165) is 42.6 Å². The van der Waals surface area contributed by atoms with Crippen LogP contribution in [-0.4, -0.2) is 15.0 Å². The Labute approximate surface area is 96.4 Å². The number of thiazole rings is 1. The van der Waals surface area contributed by atoms with Crippen LogP contribution < -0.4 is 5.56 Å². The second-order valence-electron chi connectivity index (χ2n) is 3.92. The number of hydrogen-bond acceptors (Lipinski definition) is 4. The Balaban J connectivity index is 2.16. The number of aromatic amines is 1. The van der Waals surface area contributed by atoms with Crippen LogP contribution in [0.3, 0.4) is 0 Å². The van der Waals surface area contributed by atoms with Gasteiger partial charge in [-0.3, -0.25) is 4.79 Å². The third kappa shape index (κ3) is 1.57. The molecule has 3 rings (SSSR count). The van der Waals surface area contributed by atoms with Crippen molar-refractivity contribution in [3.8, 4) is 11.5 Å². The molecule has 0 atom stereocenters. The van der Waals surface area contributed by atoms with Crippen LogP contribution >= 0.6 is 11.3 Å². The standard InChI is InChI=1S/C11H11N3OS/c15-11-7-3-1-2-4-8(7)13-10(14-11)9-5-16-6-12-9/h5-6H,1-4H2,(H,13,14,15). The molecule has 2 aromatic rings. The first-order valence-corrected chi connectivity index (χ1v) is 6.29. The van der Waals surface area contributed by atoms with Crippen LogP contribution in [0.25, 0.3) is 11.5 Å². The van der Waals surface area contributed by atoms with Crippen LogP contribution in [0.5, 0.6) is 0 Å². The second-order valence-corrected chi connectivity index (χ2v) is 4.64. The topological polar surface area (TPSA) is 58.6 Å².